The lowest BCUT2D eigenvalue weighted by molar-refractivity contribution is 0.171. The summed E-state index contributed by atoms with van der Waals surface area (Å²) >= 11 is 0. The molecule has 1 N–H and O–H groups in total. The fourth-order valence-electron chi connectivity index (χ4n) is 2.34. The number of nitrogens with one attached hydrogen (secondary N) is 1. The maximum atomic E-state index is 12.9. The number of halogens is 1. The molecule has 0 radical (unpaired) electrons. The minimum atomic E-state index is -0.210. The highest BCUT2D eigenvalue weighted by atomic mass is 19.1. The minimum Gasteiger partial charge on any atom is -0.486 e. The SMILES string of the molecule is CC(NCc1ccc2c(c1)OCCO2)c1ccc(F)cc1. The second-order valence-corrected chi connectivity index (χ2v) is 5.13. The quantitative estimate of drug-likeness (QED) is 0.934. The van der Waals surface area contributed by atoms with E-state index in [1.54, 1.807) is 12.1 Å². The maximum Gasteiger partial charge on any atom is 0.161 e. The zero-order valence-corrected chi connectivity index (χ0v) is 11.9. The third kappa shape index (κ3) is 3.34. The fraction of sp³-hybridized carbons (Fsp3) is 0.294. The molecule has 21 heavy (non-hydrogen) atoms. The van der Waals surface area contributed by atoms with E-state index in [1.165, 1.54) is 12.1 Å². The zero-order chi connectivity index (χ0) is 14.7. The second-order valence-electron chi connectivity index (χ2n) is 5.13. The van der Waals surface area contributed by atoms with Crippen LogP contribution < -0.4 is 14.8 Å². The molecule has 0 aliphatic carbocycles. The van der Waals surface area contributed by atoms with Gasteiger partial charge < -0.3 is 14.8 Å². The fourth-order valence-corrected chi connectivity index (χ4v) is 2.34. The number of benzene rings is 2. The van der Waals surface area contributed by atoms with Crippen molar-refractivity contribution in [2.45, 2.75) is 19.5 Å². The molecular weight excluding hydrogens is 269 g/mol. The summed E-state index contributed by atoms with van der Waals surface area (Å²) in [4.78, 5) is 0. The Morgan fingerprint density at radius 3 is 2.52 bits per heavy atom. The van der Waals surface area contributed by atoms with Gasteiger partial charge in [-0.05, 0) is 42.3 Å². The second kappa shape index (κ2) is 6.14. The predicted molar refractivity (Wildman–Crippen MR) is 79.1 cm³/mol. The number of ether oxygens (including phenoxy) is 2. The van der Waals surface area contributed by atoms with Crippen molar-refractivity contribution in [3.8, 4) is 11.5 Å². The van der Waals surface area contributed by atoms with Crippen LogP contribution in [0.3, 0.4) is 0 Å². The Kier molecular flexibility index (Phi) is 4.06. The van der Waals surface area contributed by atoms with Crippen molar-refractivity contribution in [2.75, 3.05) is 13.2 Å². The Bertz CT molecular complexity index is 613. The third-order valence-electron chi connectivity index (χ3n) is 3.59. The summed E-state index contributed by atoms with van der Waals surface area (Å²) in [6.45, 7) is 3.97. The highest BCUT2D eigenvalue weighted by molar-refractivity contribution is 5.43. The monoisotopic (exact) mass is 287 g/mol. The predicted octanol–water partition coefficient (Wildman–Crippen LogP) is 3.45. The van der Waals surface area contributed by atoms with Crippen LogP contribution in [-0.4, -0.2) is 13.2 Å². The van der Waals surface area contributed by atoms with Crippen molar-refractivity contribution >= 4 is 0 Å². The van der Waals surface area contributed by atoms with E-state index in [0.29, 0.717) is 13.2 Å². The van der Waals surface area contributed by atoms with Crippen molar-refractivity contribution in [1.82, 2.24) is 5.32 Å². The molecule has 0 fully saturated rings. The Labute approximate surface area is 123 Å². The van der Waals surface area contributed by atoms with Crippen LogP contribution in [0.15, 0.2) is 42.5 Å². The van der Waals surface area contributed by atoms with E-state index in [1.807, 2.05) is 18.2 Å². The summed E-state index contributed by atoms with van der Waals surface area (Å²) in [7, 11) is 0. The van der Waals surface area contributed by atoms with Gasteiger partial charge in [0.15, 0.2) is 11.5 Å². The number of hydrogen-bond donors (Lipinski definition) is 1. The van der Waals surface area contributed by atoms with Crippen LogP contribution in [0, 0.1) is 5.82 Å². The van der Waals surface area contributed by atoms with E-state index in [4.69, 9.17) is 9.47 Å². The minimum absolute atomic E-state index is 0.152. The van der Waals surface area contributed by atoms with E-state index in [9.17, 15) is 4.39 Å². The van der Waals surface area contributed by atoms with Gasteiger partial charge in [0.05, 0.1) is 0 Å². The van der Waals surface area contributed by atoms with Gasteiger partial charge in [0, 0.05) is 12.6 Å². The van der Waals surface area contributed by atoms with E-state index >= 15 is 0 Å². The summed E-state index contributed by atoms with van der Waals surface area (Å²) in [5, 5.41) is 3.42. The molecule has 0 amide bonds. The highest BCUT2D eigenvalue weighted by Gasteiger charge is 2.12. The molecule has 0 saturated heterocycles. The van der Waals surface area contributed by atoms with Crippen LogP contribution in [0.25, 0.3) is 0 Å². The van der Waals surface area contributed by atoms with Gasteiger partial charge in [0.2, 0.25) is 0 Å². The molecule has 1 aliphatic heterocycles. The first-order chi connectivity index (χ1) is 10.2. The van der Waals surface area contributed by atoms with E-state index < -0.39 is 0 Å². The molecule has 1 heterocycles. The van der Waals surface area contributed by atoms with Crippen LogP contribution in [0.4, 0.5) is 4.39 Å². The molecule has 1 aliphatic rings. The van der Waals surface area contributed by atoms with Crippen molar-refractivity contribution in [3.05, 3.63) is 59.4 Å². The molecule has 2 aromatic carbocycles. The number of hydrogen-bond acceptors (Lipinski definition) is 3. The summed E-state index contributed by atoms with van der Waals surface area (Å²) < 4.78 is 24.0. The molecular formula is C17H18FNO2. The van der Waals surface area contributed by atoms with Gasteiger partial charge >= 0.3 is 0 Å². The summed E-state index contributed by atoms with van der Waals surface area (Å²) in [5.41, 5.74) is 2.20. The molecule has 4 heteroatoms. The highest BCUT2D eigenvalue weighted by Crippen LogP contribution is 2.30. The molecule has 3 nitrogen and oxygen atoms in total. The first-order valence-corrected chi connectivity index (χ1v) is 7.10. The number of fused-ring (bicyclic) bond motifs is 1. The molecule has 0 bridgehead atoms. The van der Waals surface area contributed by atoms with Gasteiger partial charge in [-0.1, -0.05) is 18.2 Å². The smallest absolute Gasteiger partial charge is 0.161 e. The maximum absolute atomic E-state index is 12.9. The van der Waals surface area contributed by atoms with Crippen LogP contribution in [0.2, 0.25) is 0 Å². The molecule has 0 spiro atoms. The lowest BCUT2D eigenvalue weighted by Crippen LogP contribution is -2.19. The Balaban J connectivity index is 1.63. The molecule has 3 rings (SSSR count). The van der Waals surface area contributed by atoms with Gasteiger partial charge in [-0.25, -0.2) is 4.39 Å². The van der Waals surface area contributed by atoms with Crippen LogP contribution in [0.1, 0.15) is 24.1 Å². The Hall–Kier alpha value is -2.07. The Morgan fingerprint density at radius 2 is 1.76 bits per heavy atom. The van der Waals surface area contributed by atoms with Crippen molar-refractivity contribution in [1.29, 1.82) is 0 Å². The van der Waals surface area contributed by atoms with Gasteiger partial charge in [0.25, 0.3) is 0 Å². The lowest BCUT2D eigenvalue weighted by Gasteiger charge is -2.19. The zero-order valence-electron chi connectivity index (χ0n) is 11.9. The van der Waals surface area contributed by atoms with Crippen LogP contribution >= 0.6 is 0 Å². The molecule has 2 aromatic rings. The van der Waals surface area contributed by atoms with Gasteiger partial charge in [-0.3, -0.25) is 0 Å². The van der Waals surface area contributed by atoms with Gasteiger partial charge in [-0.2, -0.15) is 0 Å². The summed E-state index contributed by atoms with van der Waals surface area (Å²) in [5.74, 6) is 1.39. The first kappa shape index (κ1) is 13.9. The average Bonchev–Trinajstić information content (AvgIpc) is 2.53. The van der Waals surface area contributed by atoms with Crippen LogP contribution in [-0.2, 0) is 6.54 Å². The molecule has 1 atom stereocenters. The largest absolute Gasteiger partial charge is 0.486 e. The topological polar surface area (TPSA) is 30.5 Å². The van der Waals surface area contributed by atoms with Crippen molar-refractivity contribution < 1.29 is 13.9 Å². The average molecular weight is 287 g/mol. The van der Waals surface area contributed by atoms with Gasteiger partial charge in [0.1, 0.15) is 19.0 Å². The van der Waals surface area contributed by atoms with E-state index in [0.717, 1.165) is 29.2 Å². The number of rotatable bonds is 4. The van der Waals surface area contributed by atoms with Crippen molar-refractivity contribution in [2.24, 2.45) is 0 Å². The Morgan fingerprint density at radius 1 is 1.05 bits per heavy atom. The summed E-state index contributed by atoms with van der Waals surface area (Å²) in [6.07, 6.45) is 0. The third-order valence-corrected chi connectivity index (χ3v) is 3.59. The van der Waals surface area contributed by atoms with E-state index in [-0.39, 0.29) is 11.9 Å². The summed E-state index contributed by atoms with van der Waals surface area (Å²) in [6, 6.07) is 12.7. The molecule has 1 unspecified atom stereocenters. The van der Waals surface area contributed by atoms with Crippen molar-refractivity contribution in [3.63, 3.8) is 0 Å². The first-order valence-electron chi connectivity index (χ1n) is 7.10. The normalized spacial score (nSPS) is 14.8. The van der Waals surface area contributed by atoms with Gasteiger partial charge in [-0.15, -0.1) is 0 Å². The molecule has 0 aromatic heterocycles. The molecule has 110 valence electrons. The standard InChI is InChI=1S/C17H18FNO2/c1-12(14-3-5-15(18)6-4-14)19-11-13-2-7-16-17(10-13)21-9-8-20-16/h2-7,10,12,19H,8-9,11H2,1H3. The van der Waals surface area contributed by atoms with Crippen LogP contribution in [0.5, 0.6) is 11.5 Å². The molecule has 0 saturated carbocycles. The van der Waals surface area contributed by atoms with E-state index in [2.05, 4.69) is 12.2 Å². The lowest BCUT2D eigenvalue weighted by atomic mass is 10.1.